The van der Waals surface area contributed by atoms with E-state index in [-0.39, 0.29) is 5.92 Å². The molecule has 0 heterocycles. The molecular weight excluding hydrogens is 153 g/mol. The zero-order chi connectivity index (χ0) is 9.23. The van der Waals surface area contributed by atoms with Gasteiger partial charge < -0.3 is 0 Å². The molecule has 3 heteroatoms. The van der Waals surface area contributed by atoms with E-state index in [0.717, 1.165) is 0 Å². The molecule has 0 aromatic heterocycles. The summed E-state index contributed by atoms with van der Waals surface area (Å²) in [5.41, 5.74) is -0.632. The van der Waals surface area contributed by atoms with E-state index in [1.807, 2.05) is 0 Å². The molecule has 0 fully saturated rings. The van der Waals surface area contributed by atoms with E-state index in [4.69, 9.17) is 0 Å². The Bertz CT molecular complexity index is 144. The number of hydrogen-bond donors (Lipinski definition) is 0. The van der Waals surface area contributed by atoms with E-state index in [1.165, 1.54) is 0 Å². The van der Waals surface area contributed by atoms with E-state index in [1.54, 1.807) is 20.8 Å². The Balaban J connectivity index is 4.26. The van der Waals surface area contributed by atoms with Gasteiger partial charge in [0.05, 0.1) is 0 Å². The molecule has 66 valence electrons. The van der Waals surface area contributed by atoms with Gasteiger partial charge in [0.15, 0.2) is 0 Å². The fraction of sp³-hybridized carbons (Fsp3) is 0.750. The van der Waals surface area contributed by atoms with Gasteiger partial charge >= 0.3 is 6.18 Å². The van der Waals surface area contributed by atoms with Crippen molar-refractivity contribution in [2.24, 2.45) is 11.8 Å². The Hall–Kier alpha value is -0.470. The summed E-state index contributed by atoms with van der Waals surface area (Å²) in [6.45, 7) is 8.07. The lowest BCUT2D eigenvalue weighted by atomic mass is 9.91. The molecule has 1 unspecified atom stereocenters. The van der Waals surface area contributed by atoms with Crippen LogP contribution in [-0.2, 0) is 0 Å². The van der Waals surface area contributed by atoms with E-state index < -0.39 is 17.7 Å². The second kappa shape index (κ2) is 3.28. The third-order valence-electron chi connectivity index (χ3n) is 1.91. The minimum Gasteiger partial charge on any atom is -0.166 e. The normalized spacial score (nSPS) is 15.2. The summed E-state index contributed by atoms with van der Waals surface area (Å²) >= 11 is 0. The van der Waals surface area contributed by atoms with Crippen LogP contribution in [0.4, 0.5) is 13.2 Å². The zero-order valence-electron chi connectivity index (χ0n) is 7.00. The molecule has 0 aliphatic heterocycles. The maximum absolute atomic E-state index is 12.0. The second-order valence-electron chi connectivity index (χ2n) is 3.06. The minimum absolute atomic E-state index is 0.0101. The highest BCUT2D eigenvalue weighted by atomic mass is 19.4. The molecule has 0 nitrogen and oxygen atoms in total. The molecule has 0 aromatic carbocycles. The molecule has 11 heavy (non-hydrogen) atoms. The number of allylic oxidation sites excluding steroid dienone is 1. The van der Waals surface area contributed by atoms with Crippen molar-refractivity contribution in [2.75, 3.05) is 0 Å². The summed E-state index contributed by atoms with van der Waals surface area (Å²) in [5, 5.41) is 0. The predicted octanol–water partition coefficient (Wildman–Crippen LogP) is 3.40. The Labute approximate surface area is 65.1 Å². The highest BCUT2D eigenvalue weighted by molar-refractivity contribution is 5.07. The van der Waals surface area contributed by atoms with Crippen LogP contribution < -0.4 is 0 Å². The molecule has 0 aliphatic carbocycles. The molecule has 0 aromatic rings. The van der Waals surface area contributed by atoms with Crippen molar-refractivity contribution in [1.82, 2.24) is 0 Å². The third-order valence-corrected chi connectivity index (χ3v) is 1.91. The molecule has 0 spiro atoms. The summed E-state index contributed by atoms with van der Waals surface area (Å²) < 4.78 is 35.9. The lowest BCUT2D eigenvalue weighted by Gasteiger charge is -2.20. The van der Waals surface area contributed by atoms with Gasteiger partial charge in [0.2, 0.25) is 0 Å². The second-order valence-corrected chi connectivity index (χ2v) is 3.06. The largest absolute Gasteiger partial charge is 0.412 e. The van der Waals surface area contributed by atoms with Crippen molar-refractivity contribution in [1.29, 1.82) is 0 Å². The van der Waals surface area contributed by atoms with E-state index in [9.17, 15) is 13.2 Å². The number of rotatable bonds is 2. The Kier molecular flexibility index (Phi) is 3.14. The van der Waals surface area contributed by atoms with Crippen LogP contribution in [-0.4, -0.2) is 6.18 Å². The Morgan fingerprint density at radius 2 is 1.55 bits per heavy atom. The minimum atomic E-state index is -4.23. The lowest BCUT2D eigenvalue weighted by molar-refractivity contribution is -0.0996. The first-order valence-electron chi connectivity index (χ1n) is 3.52. The molecule has 0 amide bonds. The number of alkyl halides is 3. The SMILES string of the molecule is C=C(C(C)C(C)C)C(F)(F)F. The van der Waals surface area contributed by atoms with Crippen LogP contribution in [0.5, 0.6) is 0 Å². The standard InChI is InChI=1S/C8H13F3/c1-5(2)6(3)7(4)8(9,10)11/h5-6H,4H2,1-3H3. The van der Waals surface area contributed by atoms with E-state index >= 15 is 0 Å². The predicted molar refractivity (Wildman–Crippen MR) is 39.2 cm³/mol. The summed E-state index contributed by atoms with van der Waals surface area (Å²) in [6.07, 6.45) is -4.23. The summed E-state index contributed by atoms with van der Waals surface area (Å²) in [4.78, 5) is 0. The molecule has 0 radical (unpaired) electrons. The maximum Gasteiger partial charge on any atom is 0.412 e. The van der Waals surface area contributed by atoms with Crippen molar-refractivity contribution < 1.29 is 13.2 Å². The van der Waals surface area contributed by atoms with Crippen LogP contribution in [0.15, 0.2) is 12.2 Å². The Morgan fingerprint density at radius 3 is 1.64 bits per heavy atom. The topological polar surface area (TPSA) is 0 Å². The first kappa shape index (κ1) is 10.5. The lowest BCUT2D eigenvalue weighted by Crippen LogP contribution is -2.20. The highest BCUT2D eigenvalue weighted by Crippen LogP contribution is 2.32. The average Bonchev–Trinajstić information content (AvgIpc) is 1.82. The fourth-order valence-corrected chi connectivity index (χ4v) is 0.661. The number of halogens is 3. The molecule has 0 aliphatic rings. The molecule has 0 bridgehead atoms. The first-order valence-corrected chi connectivity index (χ1v) is 3.52. The van der Waals surface area contributed by atoms with Crippen LogP contribution >= 0.6 is 0 Å². The summed E-state index contributed by atoms with van der Waals surface area (Å²) in [7, 11) is 0. The van der Waals surface area contributed by atoms with Gasteiger partial charge in [0, 0.05) is 5.57 Å². The third kappa shape index (κ3) is 2.95. The zero-order valence-corrected chi connectivity index (χ0v) is 7.00. The monoisotopic (exact) mass is 166 g/mol. The van der Waals surface area contributed by atoms with Crippen molar-refractivity contribution in [3.05, 3.63) is 12.2 Å². The fourth-order valence-electron chi connectivity index (χ4n) is 0.661. The van der Waals surface area contributed by atoms with Crippen molar-refractivity contribution in [3.8, 4) is 0 Å². The van der Waals surface area contributed by atoms with Gasteiger partial charge in [-0.15, -0.1) is 0 Å². The van der Waals surface area contributed by atoms with E-state index in [2.05, 4.69) is 6.58 Å². The number of hydrogen-bond acceptors (Lipinski definition) is 0. The molecule has 0 saturated heterocycles. The van der Waals surface area contributed by atoms with E-state index in [0.29, 0.717) is 0 Å². The van der Waals surface area contributed by atoms with Crippen molar-refractivity contribution in [2.45, 2.75) is 26.9 Å². The van der Waals surface area contributed by atoms with Crippen LogP contribution in [0, 0.1) is 11.8 Å². The molecule has 1 atom stereocenters. The highest BCUT2D eigenvalue weighted by Gasteiger charge is 2.35. The Morgan fingerprint density at radius 1 is 1.18 bits per heavy atom. The van der Waals surface area contributed by atoms with Crippen molar-refractivity contribution in [3.63, 3.8) is 0 Å². The van der Waals surface area contributed by atoms with Crippen LogP contribution in [0.25, 0.3) is 0 Å². The van der Waals surface area contributed by atoms with Gasteiger partial charge in [0.25, 0.3) is 0 Å². The first-order chi connectivity index (χ1) is 4.76. The quantitative estimate of drug-likeness (QED) is 0.551. The van der Waals surface area contributed by atoms with Gasteiger partial charge in [-0.2, -0.15) is 13.2 Å². The van der Waals surface area contributed by atoms with Crippen molar-refractivity contribution >= 4 is 0 Å². The van der Waals surface area contributed by atoms with Gasteiger partial charge in [-0.05, 0) is 11.8 Å². The molecule has 0 rings (SSSR count). The van der Waals surface area contributed by atoms with Crippen LogP contribution in [0.2, 0.25) is 0 Å². The summed E-state index contributed by atoms with van der Waals surface area (Å²) in [6, 6.07) is 0. The maximum atomic E-state index is 12.0. The smallest absolute Gasteiger partial charge is 0.166 e. The molecule has 0 N–H and O–H groups in total. The average molecular weight is 166 g/mol. The van der Waals surface area contributed by atoms with Gasteiger partial charge in [-0.25, -0.2) is 0 Å². The van der Waals surface area contributed by atoms with Gasteiger partial charge in [0.1, 0.15) is 0 Å². The van der Waals surface area contributed by atoms with Gasteiger partial charge in [-0.1, -0.05) is 27.4 Å². The molecule has 0 saturated carbocycles. The van der Waals surface area contributed by atoms with Gasteiger partial charge in [-0.3, -0.25) is 0 Å². The molecular formula is C8H13F3. The van der Waals surface area contributed by atoms with Crippen LogP contribution in [0.1, 0.15) is 20.8 Å². The summed E-state index contributed by atoms with van der Waals surface area (Å²) in [5.74, 6) is -0.501. The van der Waals surface area contributed by atoms with Crippen LogP contribution in [0.3, 0.4) is 0 Å².